The Morgan fingerprint density at radius 2 is 1.95 bits per heavy atom. The molecule has 2 aromatic carbocycles. The molecule has 0 aliphatic rings. The van der Waals surface area contributed by atoms with Crippen molar-refractivity contribution < 1.29 is 9.53 Å². The van der Waals surface area contributed by atoms with Gasteiger partial charge in [-0.25, -0.2) is 0 Å². The number of rotatable bonds is 3. The molecular formula is C15H15BrN2O2. The summed E-state index contributed by atoms with van der Waals surface area (Å²) in [5, 5.41) is 0. The van der Waals surface area contributed by atoms with Crippen molar-refractivity contribution in [2.75, 3.05) is 19.8 Å². The molecule has 0 unspecified atom stereocenters. The number of nitrogen functional groups attached to an aromatic ring is 1. The van der Waals surface area contributed by atoms with Crippen molar-refractivity contribution in [2.24, 2.45) is 0 Å². The van der Waals surface area contributed by atoms with Gasteiger partial charge < -0.3 is 15.4 Å². The lowest BCUT2D eigenvalue weighted by molar-refractivity contribution is 0.0827. The molecule has 5 heteroatoms. The Kier molecular flexibility index (Phi) is 4.29. The Balaban J connectivity index is 2.32. The van der Waals surface area contributed by atoms with Crippen LogP contribution >= 0.6 is 15.9 Å². The van der Waals surface area contributed by atoms with Gasteiger partial charge in [-0.05, 0) is 36.4 Å². The maximum absolute atomic E-state index is 11.9. The largest absolute Gasteiger partial charge is 0.455 e. The number of nitrogens with two attached hydrogens (primary N) is 1. The average Bonchev–Trinajstić information content (AvgIpc) is 2.40. The van der Waals surface area contributed by atoms with E-state index >= 15 is 0 Å². The van der Waals surface area contributed by atoms with Gasteiger partial charge in [0.25, 0.3) is 5.91 Å². The fraction of sp³-hybridized carbons (Fsp3) is 0.133. The first kappa shape index (κ1) is 14.4. The molecule has 0 aliphatic heterocycles. The molecule has 0 spiro atoms. The topological polar surface area (TPSA) is 55.6 Å². The lowest BCUT2D eigenvalue weighted by Crippen LogP contribution is -2.21. The maximum atomic E-state index is 11.9. The van der Waals surface area contributed by atoms with E-state index < -0.39 is 0 Å². The maximum Gasteiger partial charge on any atom is 0.253 e. The third kappa shape index (κ3) is 3.30. The van der Waals surface area contributed by atoms with Crippen LogP contribution in [-0.2, 0) is 0 Å². The number of hydrogen-bond acceptors (Lipinski definition) is 3. The van der Waals surface area contributed by atoms with Gasteiger partial charge >= 0.3 is 0 Å². The number of amides is 1. The molecule has 0 aromatic heterocycles. The molecule has 0 aliphatic carbocycles. The number of hydrogen-bond donors (Lipinski definition) is 1. The third-order valence-corrected chi connectivity index (χ3v) is 3.18. The molecule has 0 saturated heterocycles. The second kappa shape index (κ2) is 5.96. The van der Waals surface area contributed by atoms with E-state index in [1.165, 1.54) is 4.90 Å². The molecule has 2 N–H and O–H groups in total. The average molecular weight is 335 g/mol. The van der Waals surface area contributed by atoms with Gasteiger partial charge in [0.15, 0.2) is 5.75 Å². The zero-order valence-corrected chi connectivity index (χ0v) is 12.8. The molecule has 0 saturated carbocycles. The standard InChI is InChI=1S/C15H15BrN2O2/c1-18(2)15(19)10-6-7-13(17)14(8-10)20-12-5-3-4-11(16)9-12/h3-9H,17H2,1-2H3. The molecule has 0 fully saturated rings. The zero-order chi connectivity index (χ0) is 14.7. The summed E-state index contributed by atoms with van der Waals surface area (Å²) in [6.45, 7) is 0. The highest BCUT2D eigenvalue weighted by molar-refractivity contribution is 9.10. The Bertz CT molecular complexity index is 642. The first-order valence-electron chi connectivity index (χ1n) is 6.02. The van der Waals surface area contributed by atoms with Crippen molar-refractivity contribution >= 4 is 27.5 Å². The highest BCUT2D eigenvalue weighted by Gasteiger charge is 2.11. The summed E-state index contributed by atoms with van der Waals surface area (Å²) in [5.74, 6) is 1.03. The lowest BCUT2D eigenvalue weighted by Gasteiger charge is -2.13. The van der Waals surface area contributed by atoms with E-state index in [2.05, 4.69) is 15.9 Å². The van der Waals surface area contributed by atoms with Crippen molar-refractivity contribution in [1.29, 1.82) is 0 Å². The first-order chi connectivity index (χ1) is 9.47. The monoisotopic (exact) mass is 334 g/mol. The summed E-state index contributed by atoms with van der Waals surface area (Å²) >= 11 is 3.38. The second-order valence-corrected chi connectivity index (χ2v) is 5.43. The van der Waals surface area contributed by atoms with Gasteiger partial charge in [0.05, 0.1) is 5.69 Å². The summed E-state index contributed by atoms with van der Waals surface area (Å²) in [4.78, 5) is 13.4. The molecule has 0 radical (unpaired) electrons. The van der Waals surface area contributed by atoms with Crippen LogP contribution in [0.1, 0.15) is 10.4 Å². The van der Waals surface area contributed by atoms with Crippen molar-refractivity contribution in [3.05, 3.63) is 52.5 Å². The van der Waals surface area contributed by atoms with Crippen LogP contribution in [0.3, 0.4) is 0 Å². The quantitative estimate of drug-likeness (QED) is 0.873. The molecule has 4 nitrogen and oxygen atoms in total. The molecule has 104 valence electrons. The normalized spacial score (nSPS) is 10.2. The van der Waals surface area contributed by atoms with Gasteiger partial charge in [0, 0.05) is 24.1 Å². The van der Waals surface area contributed by atoms with E-state index in [-0.39, 0.29) is 5.91 Å². The Labute approximate surface area is 126 Å². The van der Waals surface area contributed by atoms with Crippen LogP contribution in [0.15, 0.2) is 46.9 Å². The zero-order valence-electron chi connectivity index (χ0n) is 11.3. The van der Waals surface area contributed by atoms with E-state index in [0.717, 1.165) is 4.47 Å². The molecule has 0 heterocycles. The van der Waals surface area contributed by atoms with E-state index in [1.807, 2.05) is 24.3 Å². The van der Waals surface area contributed by atoms with Crippen LogP contribution in [0.4, 0.5) is 5.69 Å². The summed E-state index contributed by atoms with van der Waals surface area (Å²) in [5.41, 5.74) is 6.91. The number of anilines is 1. The van der Waals surface area contributed by atoms with Gasteiger partial charge in [0.2, 0.25) is 0 Å². The minimum absolute atomic E-state index is 0.0934. The van der Waals surface area contributed by atoms with E-state index in [1.54, 1.807) is 32.3 Å². The minimum atomic E-state index is -0.0934. The van der Waals surface area contributed by atoms with Crippen LogP contribution in [0.2, 0.25) is 0 Å². The first-order valence-corrected chi connectivity index (χ1v) is 6.81. The summed E-state index contributed by atoms with van der Waals surface area (Å²) in [7, 11) is 3.40. The Morgan fingerprint density at radius 3 is 2.60 bits per heavy atom. The lowest BCUT2D eigenvalue weighted by atomic mass is 10.1. The highest BCUT2D eigenvalue weighted by atomic mass is 79.9. The summed E-state index contributed by atoms with van der Waals surface area (Å²) in [6.07, 6.45) is 0. The predicted octanol–water partition coefficient (Wildman–Crippen LogP) is 3.53. The van der Waals surface area contributed by atoms with E-state index in [0.29, 0.717) is 22.7 Å². The molecule has 0 atom stereocenters. The fourth-order valence-electron chi connectivity index (χ4n) is 1.67. The molecule has 1 amide bonds. The summed E-state index contributed by atoms with van der Waals surface area (Å²) < 4.78 is 6.65. The van der Waals surface area contributed by atoms with Crippen LogP contribution in [-0.4, -0.2) is 24.9 Å². The fourth-order valence-corrected chi connectivity index (χ4v) is 2.05. The van der Waals surface area contributed by atoms with Crippen LogP contribution in [0.5, 0.6) is 11.5 Å². The van der Waals surface area contributed by atoms with Crippen molar-refractivity contribution in [2.45, 2.75) is 0 Å². The number of halogens is 1. The number of carbonyl (C=O) groups is 1. The van der Waals surface area contributed by atoms with E-state index in [4.69, 9.17) is 10.5 Å². The molecule has 0 bridgehead atoms. The van der Waals surface area contributed by atoms with Crippen molar-refractivity contribution in [1.82, 2.24) is 4.90 Å². The molecular weight excluding hydrogens is 320 g/mol. The van der Waals surface area contributed by atoms with Crippen molar-refractivity contribution in [3.8, 4) is 11.5 Å². The molecule has 2 rings (SSSR count). The summed E-state index contributed by atoms with van der Waals surface area (Å²) in [6, 6.07) is 12.4. The van der Waals surface area contributed by atoms with Gasteiger partial charge in [-0.2, -0.15) is 0 Å². The van der Waals surface area contributed by atoms with Gasteiger partial charge in [-0.1, -0.05) is 22.0 Å². The SMILES string of the molecule is CN(C)C(=O)c1ccc(N)c(Oc2cccc(Br)c2)c1. The van der Waals surface area contributed by atoms with E-state index in [9.17, 15) is 4.79 Å². The van der Waals surface area contributed by atoms with Crippen LogP contribution in [0.25, 0.3) is 0 Å². The second-order valence-electron chi connectivity index (χ2n) is 4.51. The van der Waals surface area contributed by atoms with Crippen molar-refractivity contribution in [3.63, 3.8) is 0 Å². The number of ether oxygens (including phenoxy) is 1. The van der Waals surface area contributed by atoms with Crippen LogP contribution in [0, 0.1) is 0 Å². The van der Waals surface area contributed by atoms with Gasteiger partial charge in [-0.15, -0.1) is 0 Å². The number of benzene rings is 2. The highest BCUT2D eigenvalue weighted by Crippen LogP contribution is 2.30. The van der Waals surface area contributed by atoms with Gasteiger partial charge in [0.1, 0.15) is 5.75 Å². The van der Waals surface area contributed by atoms with Crippen LogP contribution < -0.4 is 10.5 Å². The predicted molar refractivity (Wildman–Crippen MR) is 83.1 cm³/mol. The number of carbonyl (C=O) groups excluding carboxylic acids is 1. The number of nitrogens with zero attached hydrogens (tertiary/aromatic N) is 1. The molecule has 2 aromatic rings. The minimum Gasteiger partial charge on any atom is -0.455 e. The third-order valence-electron chi connectivity index (χ3n) is 2.69. The Morgan fingerprint density at radius 1 is 1.20 bits per heavy atom. The smallest absolute Gasteiger partial charge is 0.253 e. The molecule has 20 heavy (non-hydrogen) atoms. The Hall–Kier alpha value is -2.01. The van der Waals surface area contributed by atoms with Gasteiger partial charge in [-0.3, -0.25) is 4.79 Å².